The Balaban J connectivity index is 1.57. The van der Waals surface area contributed by atoms with Gasteiger partial charge in [0.05, 0.1) is 28.2 Å². The molecule has 3 heterocycles. The van der Waals surface area contributed by atoms with E-state index in [1.165, 1.54) is 6.20 Å². The van der Waals surface area contributed by atoms with Gasteiger partial charge in [-0.25, -0.2) is 9.97 Å². The number of carbonyl (C=O) groups excluding carboxylic acids is 2. The van der Waals surface area contributed by atoms with Crippen molar-refractivity contribution >= 4 is 29.4 Å². The topological polar surface area (TPSA) is 134 Å². The zero-order valence-electron chi connectivity index (χ0n) is 22.2. The van der Waals surface area contributed by atoms with Crippen LogP contribution in [0.3, 0.4) is 0 Å². The van der Waals surface area contributed by atoms with E-state index in [9.17, 15) is 9.59 Å². The summed E-state index contributed by atoms with van der Waals surface area (Å²) in [6.45, 7) is 5.02. The van der Waals surface area contributed by atoms with Crippen LogP contribution in [0.15, 0.2) is 54.7 Å². The Morgan fingerprint density at radius 1 is 1.00 bits per heavy atom. The third kappa shape index (κ3) is 5.54. The van der Waals surface area contributed by atoms with E-state index in [1.807, 2.05) is 24.9 Å². The molecule has 202 valence electrons. The van der Waals surface area contributed by atoms with E-state index in [-0.39, 0.29) is 17.4 Å². The molecule has 4 aromatic rings. The minimum atomic E-state index is -0.656. The first-order chi connectivity index (χ1) is 19.2. The highest BCUT2D eigenvalue weighted by molar-refractivity contribution is 6.31. The molecule has 0 bridgehead atoms. The fourth-order valence-electron chi connectivity index (χ4n) is 4.67. The lowest BCUT2D eigenvalue weighted by atomic mass is 9.99. The van der Waals surface area contributed by atoms with E-state index in [0.717, 1.165) is 18.7 Å². The summed E-state index contributed by atoms with van der Waals surface area (Å²) < 4.78 is 0. The molecule has 40 heavy (non-hydrogen) atoms. The van der Waals surface area contributed by atoms with Gasteiger partial charge in [0.2, 0.25) is 5.95 Å². The monoisotopic (exact) mass is 553 g/mol. The summed E-state index contributed by atoms with van der Waals surface area (Å²) in [4.78, 5) is 41.4. The number of nitrogens with two attached hydrogens (primary N) is 2. The molecule has 2 amide bonds. The molecule has 5 rings (SSSR count). The van der Waals surface area contributed by atoms with Gasteiger partial charge in [0.1, 0.15) is 0 Å². The molecule has 10 heteroatoms. The van der Waals surface area contributed by atoms with Gasteiger partial charge in [-0.1, -0.05) is 29.5 Å². The smallest absolute Gasteiger partial charge is 0.253 e. The standard InChI is InChI=1S/C30H28ClN7O2/c1-18-3-9-21(31)17-23(18)27-25(28(32)39)22(26(36-27)24-11-12-34-30(33)35-24)10-6-19-4-7-20(8-5-19)29(40)38-15-13-37(2)14-16-38/h3-5,7-9,11-12,17,36H,13-16H2,1-2H3,(H2,32,39)(H2,33,34,35). The SMILES string of the molecule is Cc1ccc(Cl)cc1-c1[nH]c(-c2ccnc(N)n2)c(C#Cc2ccc(C(=O)N3CCN(C)CC3)cc2)c1C(N)=O. The number of H-pyrrole nitrogens is 1. The zero-order valence-corrected chi connectivity index (χ0v) is 22.9. The number of hydrogen-bond acceptors (Lipinski definition) is 6. The van der Waals surface area contributed by atoms with Crippen LogP contribution in [0.5, 0.6) is 0 Å². The Kier molecular flexibility index (Phi) is 7.56. The van der Waals surface area contributed by atoms with Gasteiger partial charge in [-0.05, 0) is 62.0 Å². The maximum absolute atomic E-state index is 12.9. The zero-order chi connectivity index (χ0) is 28.4. The summed E-state index contributed by atoms with van der Waals surface area (Å²) >= 11 is 6.29. The van der Waals surface area contributed by atoms with Crippen LogP contribution in [0.2, 0.25) is 5.02 Å². The Labute approximate surface area is 237 Å². The summed E-state index contributed by atoms with van der Waals surface area (Å²) in [7, 11) is 2.05. The number of anilines is 1. The molecule has 2 aromatic carbocycles. The van der Waals surface area contributed by atoms with Crippen LogP contribution in [0, 0.1) is 18.8 Å². The van der Waals surface area contributed by atoms with Gasteiger partial charge < -0.3 is 26.3 Å². The number of nitrogen functional groups attached to an aromatic ring is 1. The summed E-state index contributed by atoms with van der Waals surface area (Å²) in [6.07, 6.45) is 1.53. The van der Waals surface area contributed by atoms with E-state index in [4.69, 9.17) is 23.1 Å². The number of amides is 2. The first kappa shape index (κ1) is 26.9. The predicted octanol–water partition coefficient (Wildman–Crippen LogP) is 3.57. The second-order valence-corrected chi connectivity index (χ2v) is 10.1. The average molecular weight is 554 g/mol. The van der Waals surface area contributed by atoms with Crippen LogP contribution < -0.4 is 11.5 Å². The minimum Gasteiger partial charge on any atom is -0.368 e. The quantitative estimate of drug-likeness (QED) is 0.331. The van der Waals surface area contributed by atoms with Crippen LogP contribution in [0.25, 0.3) is 22.6 Å². The Hall–Kier alpha value is -4.65. The lowest BCUT2D eigenvalue weighted by molar-refractivity contribution is 0.0664. The maximum Gasteiger partial charge on any atom is 0.253 e. The lowest BCUT2D eigenvalue weighted by Gasteiger charge is -2.32. The molecule has 0 atom stereocenters. The van der Waals surface area contributed by atoms with Gasteiger partial charge in [0.25, 0.3) is 11.8 Å². The molecule has 0 unspecified atom stereocenters. The van der Waals surface area contributed by atoms with E-state index in [1.54, 1.807) is 42.5 Å². The first-order valence-corrected chi connectivity index (χ1v) is 13.1. The van der Waals surface area contributed by atoms with Gasteiger partial charge in [-0.3, -0.25) is 9.59 Å². The van der Waals surface area contributed by atoms with Crippen LogP contribution in [-0.2, 0) is 0 Å². The van der Waals surface area contributed by atoms with Crippen molar-refractivity contribution in [1.82, 2.24) is 24.8 Å². The highest BCUT2D eigenvalue weighted by Gasteiger charge is 2.25. The molecule has 0 saturated carbocycles. The molecular weight excluding hydrogens is 526 g/mol. The van der Waals surface area contributed by atoms with Gasteiger partial charge >= 0.3 is 0 Å². The van der Waals surface area contributed by atoms with Crippen LogP contribution in [0.1, 0.15) is 37.4 Å². The van der Waals surface area contributed by atoms with E-state index in [0.29, 0.717) is 57.4 Å². The first-order valence-electron chi connectivity index (χ1n) is 12.7. The van der Waals surface area contributed by atoms with Gasteiger partial charge in [0.15, 0.2) is 0 Å². The predicted molar refractivity (Wildman–Crippen MR) is 156 cm³/mol. The molecule has 1 aliphatic rings. The number of aryl methyl sites for hydroxylation is 1. The number of hydrogen-bond donors (Lipinski definition) is 3. The lowest BCUT2D eigenvalue weighted by Crippen LogP contribution is -2.47. The van der Waals surface area contributed by atoms with E-state index < -0.39 is 5.91 Å². The molecule has 9 nitrogen and oxygen atoms in total. The molecule has 0 radical (unpaired) electrons. The highest BCUT2D eigenvalue weighted by Crippen LogP contribution is 2.35. The van der Waals surface area contributed by atoms with Gasteiger partial charge in [-0.2, -0.15) is 0 Å². The molecule has 0 spiro atoms. The Bertz CT molecular complexity index is 1660. The maximum atomic E-state index is 12.9. The van der Waals surface area contributed by atoms with Crippen LogP contribution >= 0.6 is 11.6 Å². The van der Waals surface area contributed by atoms with Crippen molar-refractivity contribution in [2.24, 2.45) is 5.73 Å². The normalized spacial score (nSPS) is 13.5. The number of nitrogens with zero attached hydrogens (tertiary/aromatic N) is 4. The fourth-order valence-corrected chi connectivity index (χ4v) is 4.84. The summed E-state index contributed by atoms with van der Waals surface area (Å²) in [6, 6.07) is 14.2. The van der Waals surface area contributed by atoms with E-state index in [2.05, 4.69) is 31.7 Å². The number of halogens is 1. The number of aromatic amines is 1. The number of primary amides is 1. The van der Waals surface area contributed by atoms with Crippen molar-refractivity contribution in [3.8, 4) is 34.5 Å². The van der Waals surface area contributed by atoms with Crippen molar-refractivity contribution in [3.63, 3.8) is 0 Å². The number of benzene rings is 2. The molecule has 1 aliphatic heterocycles. The van der Waals surface area contributed by atoms with Crippen molar-refractivity contribution < 1.29 is 9.59 Å². The summed E-state index contributed by atoms with van der Waals surface area (Å²) in [5, 5.41) is 0.511. The number of aromatic nitrogens is 3. The molecule has 1 fully saturated rings. The number of likely N-dealkylation sites (N-methyl/N-ethyl adjacent to an activating group) is 1. The van der Waals surface area contributed by atoms with Crippen molar-refractivity contribution in [3.05, 3.63) is 87.6 Å². The van der Waals surface area contributed by atoms with E-state index >= 15 is 0 Å². The number of rotatable bonds is 4. The van der Waals surface area contributed by atoms with Crippen molar-refractivity contribution in [2.45, 2.75) is 6.92 Å². The molecular formula is C30H28ClN7O2. The highest BCUT2D eigenvalue weighted by atomic mass is 35.5. The van der Waals surface area contributed by atoms with Crippen molar-refractivity contribution in [1.29, 1.82) is 0 Å². The molecule has 5 N–H and O–H groups in total. The van der Waals surface area contributed by atoms with Crippen LogP contribution in [-0.4, -0.2) is 69.8 Å². The number of carbonyl (C=O) groups is 2. The van der Waals surface area contributed by atoms with Gasteiger partial charge in [-0.15, -0.1) is 0 Å². The average Bonchev–Trinajstić information content (AvgIpc) is 3.33. The third-order valence-corrected chi connectivity index (χ3v) is 7.13. The summed E-state index contributed by atoms with van der Waals surface area (Å²) in [5.41, 5.74) is 16.6. The molecule has 2 aromatic heterocycles. The number of piperazine rings is 1. The Morgan fingerprint density at radius 2 is 1.73 bits per heavy atom. The van der Waals surface area contributed by atoms with Gasteiger partial charge in [0, 0.05) is 54.1 Å². The van der Waals surface area contributed by atoms with Crippen molar-refractivity contribution in [2.75, 3.05) is 39.0 Å². The minimum absolute atomic E-state index is 0.000529. The second-order valence-electron chi connectivity index (χ2n) is 9.67. The second kappa shape index (κ2) is 11.2. The molecule has 1 saturated heterocycles. The Morgan fingerprint density at radius 3 is 2.40 bits per heavy atom. The fraction of sp³-hybridized carbons (Fsp3) is 0.200. The largest absolute Gasteiger partial charge is 0.368 e. The summed E-state index contributed by atoms with van der Waals surface area (Å²) in [5.74, 6) is 5.65. The van der Waals surface area contributed by atoms with Crippen LogP contribution in [0.4, 0.5) is 5.95 Å². The third-order valence-electron chi connectivity index (χ3n) is 6.90. The number of nitrogens with one attached hydrogen (secondary N) is 1. The molecule has 0 aliphatic carbocycles.